The molecule has 0 amide bonds. The van der Waals surface area contributed by atoms with Crippen LogP contribution in [0.1, 0.15) is 22.8 Å². The molecule has 0 saturated carbocycles. The number of nitrogens with zero attached hydrogens (tertiary/aromatic N) is 4. The lowest BCUT2D eigenvalue weighted by Crippen LogP contribution is -1.90. The summed E-state index contributed by atoms with van der Waals surface area (Å²) in [6.45, 7) is 0. The van der Waals surface area contributed by atoms with E-state index in [1.54, 1.807) is 12.4 Å². The first-order valence-electron chi connectivity index (χ1n) is 15.9. The van der Waals surface area contributed by atoms with Gasteiger partial charge >= 0.3 is 0 Å². The van der Waals surface area contributed by atoms with E-state index in [1.807, 2.05) is 36.7 Å². The largest absolute Gasteiger partial charge is 0.354 e. The molecule has 0 unspecified atom stereocenters. The molecule has 7 aromatic rings. The smallest absolute Gasteiger partial charge is 0.0737 e. The highest BCUT2D eigenvalue weighted by Gasteiger charge is 2.18. The second kappa shape index (κ2) is 11.6. The quantitative estimate of drug-likeness (QED) is 0.206. The van der Waals surface area contributed by atoms with Crippen LogP contribution in [-0.2, 0) is 0 Å². The minimum Gasteiger partial charge on any atom is -0.354 e. The Morgan fingerprint density at radius 1 is 0.333 bits per heavy atom. The van der Waals surface area contributed by atoms with Crippen molar-refractivity contribution in [2.75, 3.05) is 0 Å². The number of nitrogens with one attached hydrogen (secondary N) is 2. The number of hydrogen-bond acceptors (Lipinski definition) is 4. The van der Waals surface area contributed by atoms with E-state index >= 15 is 0 Å². The maximum absolute atomic E-state index is 5.33. The second-order valence-electron chi connectivity index (χ2n) is 11.7. The van der Waals surface area contributed by atoms with Crippen LogP contribution in [-0.4, -0.2) is 29.9 Å². The summed E-state index contributed by atoms with van der Waals surface area (Å²) < 4.78 is 0. The summed E-state index contributed by atoms with van der Waals surface area (Å²) in [5, 5.41) is 0. The lowest BCUT2D eigenvalue weighted by Gasteiger charge is -2.06. The summed E-state index contributed by atoms with van der Waals surface area (Å²) in [4.78, 5) is 27.1. The van der Waals surface area contributed by atoms with Gasteiger partial charge < -0.3 is 9.97 Å². The highest BCUT2D eigenvalue weighted by atomic mass is 14.8. The molecule has 6 heteroatoms. The van der Waals surface area contributed by atoms with Gasteiger partial charge in [-0.3, -0.25) is 9.97 Å². The van der Waals surface area contributed by atoms with Crippen LogP contribution in [0.15, 0.2) is 134 Å². The number of pyridine rings is 2. The third-order valence-corrected chi connectivity index (χ3v) is 8.78. The van der Waals surface area contributed by atoms with Crippen molar-refractivity contribution in [3.8, 4) is 44.5 Å². The van der Waals surface area contributed by atoms with Crippen LogP contribution < -0.4 is 0 Å². The van der Waals surface area contributed by atoms with Crippen LogP contribution in [0.4, 0.5) is 0 Å². The van der Waals surface area contributed by atoms with Gasteiger partial charge in [0.2, 0.25) is 0 Å². The molecule has 0 aliphatic carbocycles. The van der Waals surface area contributed by atoms with Crippen LogP contribution in [0, 0.1) is 0 Å². The molecular formula is C42H28N6. The zero-order valence-electron chi connectivity index (χ0n) is 25.8. The summed E-state index contributed by atoms with van der Waals surface area (Å²) >= 11 is 0. The van der Waals surface area contributed by atoms with Gasteiger partial charge in [-0.25, -0.2) is 9.97 Å². The average Bonchev–Trinajstić information content (AvgIpc) is 3.98. The summed E-state index contributed by atoms with van der Waals surface area (Å²) in [6, 6.07) is 37.5. The van der Waals surface area contributed by atoms with E-state index in [1.165, 1.54) is 0 Å². The molecule has 9 rings (SSSR count). The predicted molar refractivity (Wildman–Crippen MR) is 196 cm³/mol. The maximum Gasteiger partial charge on any atom is 0.0737 e. The second-order valence-corrected chi connectivity index (χ2v) is 11.7. The molecule has 6 nitrogen and oxygen atoms in total. The Labute approximate surface area is 276 Å². The number of hydrogen-bond donors (Lipinski definition) is 2. The van der Waals surface area contributed by atoms with Crippen molar-refractivity contribution in [3.05, 3.63) is 157 Å². The van der Waals surface area contributed by atoms with Crippen LogP contribution >= 0.6 is 0 Å². The third-order valence-electron chi connectivity index (χ3n) is 8.78. The highest BCUT2D eigenvalue weighted by molar-refractivity contribution is 5.99. The fourth-order valence-electron chi connectivity index (χ4n) is 6.65. The Balaban J connectivity index is 1.49. The van der Waals surface area contributed by atoms with Gasteiger partial charge in [-0.1, -0.05) is 72.8 Å². The molecule has 0 spiro atoms. The molecule has 48 heavy (non-hydrogen) atoms. The number of H-pyrrole nitrogens is 2. The molecule has 0 radical (unpaired) electrons. The SMILES string of the molecule is C1=Cc2nc1c(-c1ccccc1)c1ccc([nH]1)c(-c1cccnc1)c1nc(c(-c3cccnc3)c3ccc([nH]3)c2-c2ccccc2)C=C1. The first-order chi connectivity index (χ1) is 23.8. The maximum atomic E-state index is 5.33. The summed E-state index contributed by atoms with van der Waals surface area (Å²) in [5.74, 6) is 0. The molecule has 2 aromatic carbocycles. The van der Waals surface area contributed by atoms with E-state index < -0.39 is 0 Å². The normalized spacial score (nSPS) is 12.0. The molecule has 226 valence electrons. The Hall–Kier alpha value is -6.66. The molecule has 2 aliphatic heterocycles. The summed E-state index contributed by atoms with van der Waals surface area (Å²) in [5.41, 5.74) is 15.3. The van der Waals surface area contributed by atoms with Gasteiger partial charge in [0, 0.05) is 80.2 Å². The molecule has 2 aliphatic rings. The molecule has 7 heterocycles. The van der Waals surface area contributed by atoms with Crippen LogP contribution in [0.2, 0.25) is 0 Å². The standard InChI is InChI=1S/C42H28N6/c1-3-9-27(10-4-1)39-31-15-16-32(45-31)40(28-11-5-2-6-12-28)34-18-20-36(47-34)42(30-14-8-24-44-26-30)38-22-21-37(48-38)41(29-13-7-23-43-25-29)35-19-17-33(39)46-35/h1-26,46-47H. The Morgan fingerprint density at radius 3 is 1.00 bits per heavy atom. The van der Waals surface area contributed by atoms with E-state index in [2.05, 4.69) is 129 Å². The van der Waals surface area contributed by atoms with E-state index in [9.17, 15) is 0 Å². The van der Waals surface area contributed by atoms with Gasteiger partial charge in [0.05, 0.1) is 22.8 Å². The lowest BCUT2D eigenvalue weighted by molar-refractivity contribution is 1.28. The average molecular weight is 617 g/mol. The minimum atomic E-state index is 0.846. The van der Waals surface area contributed by atoms with E-state index in [4.69, 9.17) is 9.97 Å². The van der Waals surface area contributed by atoms with Crippen molar-refractivity contribution in [1.82, 2.24) is 29.9 Å². The lowest BCUT2D eigenvalue weighted by atomic mass is 10.0. The fraction of sp³-hybridized carbons (Fsp3) is 0. The van der Waals surface area contributed by atoms with Gasteiger partial charge in [0.25, 0.3) is 0 Å². The monoisotopic (exact) mass is 616 g/mol. The molecule has 0 fully saturated rings. The number of aromatic nitrogens is 6. The van der Waals surface area contributed by atoms with Crippen LogP contribution in [0.5, 0.6) is 0 Å². The van der Waals surface area contributed by atoms with Gasteiger partial charge in [-0.15, -0.1) is 0 Å². The molecule has 8 bridgehead atoms. The molecule has 2 N–H and O–H groups in total. The highest BCUT2D eigenvalue weighted by Crippen LogP contribution is 2.38. The van der Waals surface area contributed by atoms with Crippen LogP contribution in [0.3, 0.4) is 0 Å². The Morgan fingerprint density at radius 2 is 0.667 bits per heavy atom. The Kier molecular flexibility index (Phi) is 6.68. The van der Waals surface area contributed by atoms with Crippen molar-refractivity contribution < 1.29 is 0 Å². The zero-order valence-corrected chi connectivity index (χ0v) is 25.8. The topological polar surface area (TPSA) is 83.1 Å². The summed E-state index contributed by atoms with van der Waals surface area (Å²) in [6.07, 6.45) is 15.8. The first kappa shape index (κ1) is 27.6. The zero-order chi connectivity index (χ0) is 31.9. The van der Waals surface area contributed by atoms with Crippen molar-refractivity contribution in [1.29, 1.82) is 0 Å². The van der Waals surface area contributed by atoms with Crippen molar-refractivity contribution >= 4 is 46.4 Å². The summed E-state index contributed by atoms with van der Waals surface area (Å²) in [7, 11) is 0. The van der Waals surface area contributed by atoms with E-state index in [0.717, 1.165) is 89.4 Å². The van der Waals surface area contributed by atoms with Gasteiger partial charge in [0.1, 0.15) is 0 Å². The molecular weight excluding hydrogens is 589 g/mol. The van der Waals surface area contributed by atoms with Gasteiger partial charge in [-0.05, 0) is 71.8 Å². The molecule has 0 saturated heterocycles. The predicted octanol–water partition coefficient (Wildman–Crippen LogP) is 10.1. The Bertz CT molecular complexity index is 2180. The number of rotatable bonds is 4. The van der Waals surface area contributed by atoms with Crippen LogP contribution in [0.25, 0.3) is 90.9 Å². The van der Waals surface area contributed by atoms with Gasteiger partial charge in [-0.2, -0.15) is 0 Å². The van der Waals surface area contributed by atoms with Crippen molar-refractivity contribution in [3.63, 3.8) is 0 Å². The number of aromatic amines is 2. The van der Waals surface area contributed by atoms with E-state index in [0.29, 0.717) is 0 Å². The minimum absolute atomic E-state index is 0.846. The third kappa shape index (κ3) is 4.84. The van der Waals surface area contributed by atoms with Gasteiger partial charge in [0.15, 0.2) is 0 Å². The fourth-order valence-corrected chi connectivity index (χ4v) is 6.65. The first-order valence-corrected chi connectivity index (χ1v) is 15.9. The molecule has 0 atom stereocenters. The number of benzene rings is 2. The van der Waals surface area contributed by atoms with Crippen molar-refractivity contribution in [2.24, 2.45) is 0 Å². The number of fused-ring (bicyclic) bond motifs is 8. The van der Waals surface area contributed by atoms with E-state index in [-0.39, 0.29) is 0 Å². The molecule has 5 aromatic heterocycles. The van der Waals surface area contributed by atoms with Crippen molar-refractivity contribution in [2.45, 2.75) is 0 Å².